The van der Waals surface area contributed by atoms with Crippen molar-refractivity contribution in [1.82, 2.24) is 20.5 Å². The standard InChI is InChI=1S/C20H31ClN6OS.HI/c1-22-19(24-14-20(5-12-29-15-20)27-8-10-28-11-9-27)25-16-4-7-26(13-16)18-17(21)3-2-6-23-18;/h2-3,6,16H,4-5,7-15H2,1H3,(H2,22,24,25);1H. The lowest BCUT2D eigenvalue weighted by molar-refractivity contribution is -0.0120. The molecule has 0 aliphatic carbocycles. The molecule has 10 heteroatoms. The minimum Gasteiger partial charge on any atom is -0.379 e. The molecule has 3 aliphatic heterocycles. The summed E-state index contributed by atoms with van der Waals surface area (Å²) in [6.07, 6.45) is 4.06. The Balaban J connectivity index is 0.00000256. The summed E-state index contributed by atoms with van der Waals surface area (Å²) >= 11 is 8.38. The second kappa shape index (κ2) is 11.4. The quantitative estimate of drug-likeness (QED) is 0.322. The van der Waals surface area contributed by atoms with E-state index in [4.69, 9.17) is 16.3 Å². The first-order chi connectivity index (χ1) is 14.2. The number of anilines is 1. The molecule has 2 N–H and O–H groups in total. The smallest absolute Gasteiger partial charge is 0.191 e. The topological polar surface area (TPSA) is 65.0 Å². The normalized spacial score (nSPS) is 27.7. The molecule has 3 saturated heterocycles. The number of halogens is 2. The molecule has 4 heterocycles. The van der Waals surface area contributed by atoms with Gasteiger partial charge in [0.1, 0.15) is 5.82 Å². The molecule has 168 valence electrons. The predicted octanol–water partition coefficient (Wildman–Crippen LogP) is 2.30. The van der Waals surface area contributed by atoms with Crippen LogP contribution in [-0.4, -0.2) is 91.9 Å². The molecule has 3 aliphatic rings. The molecule has 0 amide bonds. The lowest BCUT2D eigenvalue weighted by atomic mass is 9.95. The van der Waals surface area contributed by atoms with Crippen LogP contribution in [0, 0.1) is 0 Å². The fraction of sp³-hybridized carbons (Fsp3) is 0.700. The van der Waals surface area contributed by atoms with E-state index in [-0.39, 0.29) is 29.5 Å². The number of morpholine rings is 1. The number of hydrogen-bond donors (Lipinski definition) is 2. The average Bonchev–Trinajstić information content (AvgIpc) is 3.42. The van der Waals surface area contributed by atoms with E-state index in [0.717, 1.165) is 64.1 Å². The largest absolute Gasteiger partial charge is 0.379 e. The van der Waals surface area contributed by atoms with Gasteiger partial charge in [0.15, 0.2) is 5.96 Å². The highest BCUT2D eigenvalue weighted by atomic mass is 127. The second-order valence-corrected chi connectivity index (χ2v) is 9.45. The number of aliphatic imine (C=N–C) groups is 1. The van der Waals surface area contributed by atoms with Crippen molar-refractivity contribution >= 4 is 59.1 Å². The summed E-state index contributed by atoms with van der Waals surface area (Å²) < 4.78 is 5.57. The van der Waals surface area contributed by atoms with Gasteiger partial charge in [-0.05, 0) is 30.7 Å². The zero-order valence-corrected chi connectivity index (χ0v) is 21.4. The van der Waals surface area contributed by atoms with Crippen molar-refractivity contribution in [2.24, 2.45) is 4.99 Å². The summed E-state index contributed by atoms with van der Waals surface area (Å²) in [5, 5.41) is 7.94. The monoisotopic (exact) mass is 566 g/mol. The van der Waals surface area contributed by atoms with Gasteiger partial charge in [0.25, 0.3) is 0 Å². The third-order valence-electron chi connectivity index (χ3n) is 6.14. The minimum atomic E-state index is 0. The summed E-state index contributed by atoms with van der Waals surface area (Å²) in [4.78, 5) is 13.8. The van der Waals surface area contributed by atoms with E-state index in [1.54, 1.807) is 6.20 Å². The highest BCUT2D eigenvalue weighted by molar-refractivity contribution is 14.0. The lowest BCUT2D eigenvalue weighted by Gasteiger charge is -2.43. The van der Waals surface area contributed by atoms with E-state index < -0.39 is 0 Å². The summed E-state index contributed by atoms with van der Waals surface area (Å²) in [7, 11) is 1.85. The Bertz CT molecular complexity index is 714. The molecule has 0 radical (unpaired) electrons. The first-order valence-corrected chi connectivity index (χ1v) is 12.0. The van der Waals surface area contributed by atoms with Gasteiger partial charge in [0.2, 0.25) is 0 Å². The molecule has 0 saturated carbocycles. The zero-order chi connectivity index (χ0) is 20.1. The van der Waals surface area contributed by atoms with Crippen molar-refractivity contribution in [3.05, 3.63) is 23.4 Å². The van der Waals surface area contributed by atoms with Crippen molar-refractivity contribution in [3.63, 3.8) is 0 Å². The molecule has 3 fully saturated rings. The molecular formula is C20H32ClIN6OS. The Morgan fingerprint density at radius 1 is 1.40 bits per heavy atom. The van der Waals surface area contributed by atoms with Crippen LogP contribution in [0.5, 0.6) is 0 Å². The molecular weight excluding hydrogens is 535 g/mol. The fourth-order valence-corrected chi connectivity index (χ4v) is 6.17. The summed E-state index contributed by atoms with van der Waals surface area (Å²) in [6, 6.07) is 4.10. The number of nitrogens with zero attached hydrogens (tertiary/aromatic N) is 4. The van der Waals surface area contributed by atoms with Crippen LogP contribution in [0.1, 0.15) is 12.8 Å². The number of guanidine groups is 1. The third-order valence-corrected chi connectivity index (χ3v) is 7.67. The summed E-state index contributed by atoms with van der Waals surface area (Å²) in [6.45, 7) is 6.47. The van der Waals surface area contributed by atoms with Gasteiger partial charge in [0, 0.05) is 63.3 Å². The van der Waals surface area contributed by atoms with Crippen LogP contribution in [0.25, 0.3) is 0 Å². The van der Waals surface area contributed by atoms with E-state index in [0.29, 0.717) is 11.1 Å². The Morgan fingerprint density at radius 2 is 2.23 bits per heavy atom. The first kappa shape index (κ1) is 24.2. The van der Waals surface area contributed by atoms with Crippen LogP contribution in [0.3, 0.4) is 0 Å². The van der Waals surface area contributed by atoms with Gasteiger partial charge in [-0.2, -0.15) is 11.8 Å². The molecule has 4 rings (SSSR count). The van der Waals surface area contributed by atoms with Crippen molar-refractivity contribution in [1.29, 1.82) is 0 Å². The maximum Gasteiger partial charge on any atom is 0.191 e. The van der Waals surface area contributed by atoms with Gasteiger partial charge in [-0.25, -0.2) is 4.98 Å². The molecule has 7 nitrogen and oxygen atoms in total. The number of thioether (sulfide) groups is 1. The number of nitrogens with one attached hydrogen (secondary N) is 2. The van der Waals surface area contributed by atoms with Crippen molar-refractivity contribution in [3.8, 4) is 0 Å². The van der Waals surface area contributed by atoms with Gasteiger partial charge in [-0.3, -0.25) is 9.89 Å². The van der Waals surface area contributed by atoms with Gasteiger partial charge < -0.3 is 20.3 Å². The van der Waals surface area contributed by atoms with Crippen LogP contribution in [-0.2, 0) is 4.74 Å². The number of ether oxygens (including phenoxy) is 1. The number of hydrogen-bond acceptors (Lipinski definition) is 6. The Kier molecular flexibility index (Phi) is 9.18. The molecule has 1 aromatic rings. The number of pyridine rings is 1. The fourth-order valence-electron chi connectivity index (χ4n) is 4.45. The Labute approximate surface area is 205 Å². The van der Waals surface area contributed by atoms with Gasteiger partial charge in [-0.15, -0.1) is 24.0 Å². The summed E-state index contributed by atoms with van der Waals surface area (Å²) in [5.41, 5.74) is 0.204. The molecule has 0 spiro atoms. The lowest BCUT2D eigenvalue weighted by Crippen LogP contribution is -2.60. The molecule has 0 bridgehead atoms. The Morgan fingerprint density at radius 3 is 2.93 bits per heavy atom. The molecule has 30 heavy (non-hydrogen) atoms. The van der Waals surface area contributed by atoms with Crippen LogP contribution >= 0.6 is 47.3 Å². The summed E-state index contributed by atoms with van der Waals surface area (Å²) in [5.74, 6) is 4.16. The van der Waals surface area contributed by atoms with E-state index in [1.165, 1.54) is 17.9 Å². The Hall–Kier alpha value is -0.490. The number of rotatable bonds is 5. The highest BCUT2D eigenvalue weighted by Crippen LogP contribution is 2.33. The first-order valence-electron chi connectivity index (χ1n) is 10.4. The van der Waals surface area contributed by atoms with E-state index in [9.17, 15) is 0 Å². The average molecular weight is 567 g/mol. The van der Waals surface area contributed by atoms with E-state index in [1.807, 2.05) is 19.2 Å². The number of aromatic nitrogens is 1. The van der Waals surface area contributed by atoms with Gasteiger partial charge in [0.05, 0.1) is 18.2 Å². The van der Waals surface area contributed by atoms with Crippen LogP contribution < -0.4 is 15.5 Å². The van der Waals surface area contributed by atoms with Crippen LogP contribution in [0.2, 0.25) is 5.02 Å². The van der Waals surface area contributed by atoms with Crippen molar-refractivity contribution < 1.29 is 4.74 Å². The molecule has 2 atom stereocenters. The molecule has 2 unspecified atom stereocenters. The van der Waals surface area contributed by atoms with Gasteiger partial charge in [-0.1, -0.05) is 11.6 Å². The van der Waals surface area contributed by atoms with Crippen LogP contribution in [0.4, 0.5) is 5.82 Å². The SMILES string of the molecule is CN=C(NCC1(N2CCOCC2)CCSC1)NC1CCN(c2ncccc2Cl)C1.I. The van der Waals surface area contributed by atoms with E-state index >= 15 is 0 Å². The van der Waals surface area contributed by atoms with Gasteiger partial charge >= 0.3 is 0 Å². The van der Waals surface area contributed by atoms with Crippen LogP contribution in [0.15, 0.2) is 23.3 Å². The van der Waals surface area contributed by atoms with E-state index in [2.05, 4.69) is 42.2 Å². The maximum atomic E-state index is 6.32. The zero-order valence-electron chi connectivity index (χ0n) is 17.5. The second-order valence-electron chi connectivity index (χ2n) is 7.94. The molecule has 0 aromatic carbocycles. The van der Waals surface area contributed by atoms with Crippen molar-refractivity contribution in [2.45, 2.75) is 24.4 Å². The minimum absolute atomic E-state index is 0. The molecule has 1 aromatic heterocycles. The highest BCUT2D eigenvalue weighted by Gasteiger charge is 2.40. The maximum absolute atomic E-state index is 6.32. The third kappa shape index (κ3) is 5.65. The van der Waals surface area contributed by atoms with Crippen molar-refractivity contribution in [2.75, 3.05) is 69.4 Å². The predicted molar refractivity (Wildman–Crippen MR) is 137 cm³/mol.